The zero-order chi connectivity index (χ0) is 29.2. The highest BCUT2D eigenvalue weighted by Crippen LogP contribution is 2.47. The minimum atomic E-state index is -0.991. The van der Waals surface area contributed by atoms with Crippen molar-refractivity contribution < 1.29 is 9.47 Å². The molecule has 0 unspecified atom stereocenters. The van der Waals surface area contributed by atoms with Gasteiger partial charge in [-0.2, -0.15) is 0 Å². The van der Waals surface area contributed by atoms with Gasteiger partial charge in [-0.05, 0) is 63.3 Å². The average Bonchev–Trinajstić information content (AvgIpc) is 3.08. The van der Waals surface area contributed by atoms with Gasteiger partial charge in [0, 0.05) is 16.4 Å². The average molecular weight is 575 g/mol. The lowest BCUT2D eigenvalue weighted by Crippen LogP contribution is -2.24. The quantitative estimate of drug-likeness (QED) is 0.177. The fourth-order valence-electron chi connectivity index (χ4n) is 6.15. The van der Waals surface area contributed by atoms with Crippen LogP contribution in [0.2, 0.25) is 0 Å². The van der Waals surface area contributed by atoms with Crippen LogP contribution in [0.3, 0.4) is 0 Å². The highest BCUT2D eigenvalue weighted by molar-refractivity contribution is 7.80. The predicted molar refractivity (Wildman–Crippen MR) is 184 cm³/mol. The topological polar surface area (TPSA) is 18.5 Å². The molecule has 0 saturated heterocycles. The first-order chi connectivity index (χ1) is 21.3. The van der Waals surface area contributed by atoms with Crippen LogP contribution >= 0.6 is 7.92 Å². The van der Waals surface area contributed by atoms with Crippen molar-refractivity contribution in [2.75, 3.05) is 14.2 Å². The smallest absolute Gasteiger partial charge is 0.127 e. The summed E-state index contributed by atoms with van der Waals surface area (Å²) in [6.45, 7) is 0. The molecule has 0 fully saturated rings. The zero-order valence-electron chi connectivity index (χ0n) is 24.2. The molecular weight excluding hydrogens is 543 g/mol. The van der Waals surface area contributed by atoms with Crippen molar-refractivity contribution in [3.05, 3.63) is 152 Å². The molecule has 0 spiro atoms. The lowest BCUT2D eigenvalue weighted by atomic mass is 9.92. The maximum absolute atomic E-state index is 6.10. The molecule has 2 nitrogen and oxygen atoms in total. The van der Waals surface area contributed by atoms with Gasteiger partial charge in [-0.25, -0.2) is 0 Å². The molecule has 43 heavy (non-hydrogen) atoms. The number of benzene rings is 7. The predicted octanol–water partition coefficient (Wildman–Crippen LogP) is 9.10. The van der Waals surface area contributed by atoms with Crippen LogP contribution in [0.25, 0.3) is 43.8 Å². The second-order valence-electron chi connectivity index (χ2n) is 10.4. The van der Waals surface area contributed by atoms with Gasteiger partial charge in [0.15, 0.2) is 0 Å². The third-order valence-electron chi connectivity index (χ3n) is 8.05. The molecule has 0 atom stereocenters. The highest BCUT2D eigenvalue weighted by Gasteiger charge is 2.28. The fraction of sp³-hybridized carbons (Fsp3) is 0.0500. The van der Waals surface area contributed by atoms with Crippen LogP contribution < -0.4 is 25.4 Å². The third-order valence-corrected chi connectivity index (χ3v) is 10.6. The highest BCUT2D eigenvalue weighted by atomic mass is 31.1. The molecule has 0 N–H and O–H groups in total. The number of fused-ring (bicyclic) bond motifs is 2. The van der Waals surface area contributed by atoms with E-state index in [9.17, 15) is 0 Å². The van der Waals surface area contributed by atoms with Crippen LogP contribution in [0.5, 0.6) is 11.5 Å². The van der Waals surface area contributed by atoms with Gasteiger partial charge in [-0.3, -0.25) is 0 Å². The molecule has 0 amide bonds. The van der Waals surface area contributed by atoms with Crippen molar-refractivity contribution in [3.63, 3.8) is 0 Å². The van der Waals surface area contributed by atoms with Crippen LogP contribution in [0.4, 0.5) is 0 Å². The van der Waals surface area contributed by atoms with E-state index in [0.29, 0.717) is 0 Å². The van der Waals surface area contributed by atoms with Crippen molar-refractivity contribution >= 4 is 45.4 Å². The summed E-state index contributed by atoms with van der Waals surface area (Å²) >= 11 is 0. The van der Waals surface area contributed by atoms with E-state index in [4.69, 9.17) is 9.47 Å². The van der Waals surface area contributed by atoms with Gasteiger partial charge >= 0.3 is 0 Å². The Kier molecular flexibility index (Phi) is 7.37. The van der Waals surface area contributed by atoms with Gasteiger partial charge in [0.2, 0.25) is 0 Å². The summed E-state index contributed by atoms with van der Waals surface area (Å²) in [7, 11) is 2.54. The summed E-state index contributed by atoms with van der Waals surface area (Å²) in [5, 5.41) is 8.55. The van der Waals surface area contributed by atoms with Gasteiger partial charge in [0.25, 0.3) is 0 Å². The minimum absolute atomic E-state index is 0.859. The van der Waals surface area contributed by atoms with Crippen LogP contribution in [0.1, 0.15) is 0 Å². The standard InChI is InChI=1S/C40H31O2P/c1-41-36-26-24-28-14-9-11-20-32(28)38(36)34-22-13-23-35(39-33-21-12-10-15-29(33)25-27-37(39)42-2)40(34)43(30-16-5-3-6-17-30)31-18-7-4-8-19-31/h3-27H,1-2H3. The molecule has 0 aliphatic carbocycles. The van der Waals surface area contributed by atoms with Crippen molar-refractivity contribution in [2.24, 2.45) is 0 Å². The molecule has 0 heterocycles. The number of rotatable bonds is 7. The lowest BCUT2D eigenvalue weighted by molar-refractivity contribution is 0.417. The van der Waals surface area contributed by atoms with E-state index in [1.54, 1.807) is 14.2 Å². The molecule has 0 saturated carbocycles. The number of methoxy groups -OCH3 is 2. The summed E-state index contributed by atoms with van der Waals surface area (Å²) in [6, 6.07) is 54.2. The van der Waals surface area contributed by atoms with Crippen LogP contribution in [0, 0.1) is 0 Å². The van der Waals surface area contributed by atoms with Crippen LogP contribution in [0.15, 0.2) is 152 Å². The Morgan fingerprint density at radius 3 is 1.26 bits per heavy atom. The third kappa shape index (κ3) is 4.84. The number of ether oxygens (including phenoxy) is 2. The monoisotopic (exact) mass is 574 g/mol. The molecule has 7 aromatic rings. The summed E-state index contributed by atoms with van der Waals surface area (Å²) in [5.74, 6) is 1.72. The molecule has 208 valence electrons. The van der Waals surface area contributed by atoms with Gasteiger partial charge in [0.1, 0.15) is 11.5 Å². The van der Waals surface area contributed by atoms with E-state index in [-0.39, 0.29) is 0 Å². The first-order valence-electron chi connectivity index (χ1n) is 14.4. The molecule has 0 aliphatic heterocycles. The molecule has 0 aliphatic rings. The second kappa shape index (κ2) is 11.8. The van der Waals surface area contributed by atoms with E-state index in [1.807, 2.05) is 0 Å². The van der Waals surface area contributed by atoms with Crippen molar-refractivity contribution in [1.29, 1.82) is 0 Å². The summed E-state index contributed by atoms with van der Waals surface area (Å²) in [6.07, 6.45) is 0. The maximum Gasteiger partial charge on any atom is 0.127 e. The van der Waals surface area contributed by atoms with Crippen LogP contribution in [-0.4, -0.2) is 14.2 Å². The first kappa shape index (κ1) is 27.0. The molecule has 3 heteroatoms. The second-order valence-corrected chi connectivity index (χ2v) is 12.6. The summed E-state index contributed by atoms with van der Waals surface area (Å²) in [4.78, 5) is 0. The lowest BCUT2D eigenvalue weighted by Gasteiger charge is -2.27. The molecular formula is C40H31O2P. The molecule has 7 rings (SSSR count). The van der Waals surface area contributed by atoms with E-state index < -0.39 is 7.92 Å². The largest absolute Gasteiger partial charge is 0.496 e. The number of hydrogen-bond donors (Lipinski definition) is 0. The van der Waals surface area contributed by atoms with Crippen LogP contribution in [-0.2, 0) is 0 Å². The molecule has 0 aromatic heterocycles. The fourth-order valence-corrected chi connectivity index (χ4v) is 8.76. The Hall–Kier alpha value is -4.91. The maximum atomic E-state index is 6.10. The summed E-state index contributed by atoms with van der Waals surface area (Å²) < 4.78 is 12.2. The minimum Gasteiger partial charge on any atom is -0.496 e. The molecule has 0 radical (unpaired) electrons. The van der Waals surface area contributed by atoms with E-state index in [2.05, 4.69) is 152 Å². The number of hydrogen-bond acceptors (Lipinski definition) is 2. The molecule has 7 aromatic carbocycles. The van der Waals surface area contributed by atoms with Crippen molar-refractivity contribution in [3.8, 4) is 33.8 Å². The SMILES string of the molecule is COc1ccc2ccccc2c1-c1cccc(-c2c(OC)ccc3ccccc23)c1P(c1ccccc1)c1ccccc1. The Morgan fingerprint density at radius 2 is 0.814 bits per heavy atom. The Bertz CT molecular complexity index is 1910. The Labute approximate surface area is 253 Å². The Morgan fingerprint density at radius 1 is 0.395 bits per heavy atom. The first-order valence-corrected chi connectivity index (χ1v) is 15.8. The summed E-state index contributed by atoms with van der Waals surface area (Å²) in [5.41, 5.74) is 4.55. The van der Waals surface area contributed by atoms with Crippen molar-refractivity contribution in [1.82, 2.24) is 0 Å². The van der Waals surface area contributed by atoms with Crippen molar-refractivity contribution in [2.45, 2.75) is 0 Å². The van der Waals surface area contributed by atoms with E-state index in [0.717, 1.165) is 22.6 Å². The Balaban J connectivity index is 1.68. The van der Waals surface area contributed by atoms with E-state index in [1.165, 1.54) is 48.6 Å². The normalized spacial score (nSPS) is 11.2. The zero-order valence-corrected chi connectivity index (χ0v) is 25.1. The van der Waals surface area contributed by atoms with Gasteiger partial charge in [0.05, 0.1) is 14.2 Å². The van der Waals surface area contributed by atoms with Gasteiger partial charge in [-0.1, -0.05) is 140 Å². The van der Waals surface area contributed by atoms with Gasteiger partial charge in [-0.15, -0.1) is 0 Å². The van der Waals surface area contributed by atoms with E-state index >= 15 is 0 Å². The van der Waals surface area contributed by atoms with Gasteiger partial charge < -0.3 is 9.47 Å². The molecule has 0 bridgehead atoms.